The Balaban J connectivity index is 0.000000145. The summed E-state index contributed by atoms with van der Waals surface area (Å²) in [5, 5.41) is 11.6. The summed E-state index contributed by atoms with van der Waals surface area (Å²) >= 11 is 0. The molecule has 8 rings (SSSR count). The lowest BCUT2D eigenvalue weighted by Gasteiger charge is -2.24. The van der Waals surface area contributed by atoms with Gasteiger partial charge in [-0.05, 0) is 56.6 Å². The van der Waals surface area contributed by atoms with Gasteiger partial charge < -0.3 is 14.6 Å². The normalized spacial score (nSPS) is 14.3. The molecule has 5 aromatic carbocycles. The molecule has 0 fully saturated rings. The topological polar surface area (TPSA) is 171 Å². The summed E-state index contributed by atoms with van der Waals surface area (Å²) in [4.78, 5) is 25.4. The van der Waals surface area contributed by atoms with Crippen LogP contribution in [-0.4, -0.2) is 65.7 Å². The van der Waals surface area contributed by atoms with E-state index in [9.17, 15) is 31.5 Å². The fourth-order valence-corrected chi connectivity index (χ4v) is 8.51. The van der Waals surface area contributed by atoms with Crippen LogP contribution in [0.4, 0.5) is 0 Å². The molecule has 57 heavy (non-hydrogen) atoms. The highest BCUT2D eigenvalue weighted by Gasteiger charge is 2.31. The highest BCUT2D eigenvalue weighted by Crippen LogP contribution is 2.32. The van der Waals surface area contributed by atoms with Crippen molar-refractivity contribution in [3.05, 3.63) is 160 Å². The second kappa shape index (κ2) is 16.8. The molecule has 0 bridgehead atoms. The van der Waals surface area contributed by atoms with Crippen LogP contribution in [0.1, 0.15) is 53.0 Å². The zero-order valence-corrected chi connectivity index (χ0v) is 33.2. The Morgan fingerprint density at radius 3 is 1.82 bits per heavy atom. The van der Waals surface area contributed by atoms with E-state index in [1.54, 1.807) is 24.3 Å². The molecule has 1 aliphatic heterocycles. The van der Waals surface area contributed by atoms with Crippen LogP contribution in [0, 0.1) is 0 Å². The van der Waals surface area contributed by atoms with Gasteiger partial charge in [0.05, 0.1) is 0 Å². The molecule has 2 heterocycles. The zero-order valence-electron chi connectivity index (χ0n) is 31.6. The van der Waals surface area contributed by atoms with E-state index in [0.717, 1.165) is 43.8 Å². The fraction of sp³-hybridized carbons (Fsp3) is 0.182. The first-order valence-electron chi connectivity index (χ1n) is 18.1. The van der Waals surface area contributed by atoms with Crippen LogP contribution >= 0.6 is 0 Å². The van der Waals surface area contributed by atoms with Crippen LogP contribution in [0.15, 0.2) is 142 Å². The summed E-state index contributed by atoms with van der Waals surface area (Å²) in [5.74, 6) is -1.23. The van der Waals surface area contributed by atoms with E-state index in [2.05, 4.69) is 71.1 Å². The largest absolute Gasteiger partial charge is 0.507 e. The lowest BCUT2D eigenvalue weighted by molar-refractivity contribution is -0.112. The van der Waals surface area contributed by atoms with Crippen molar-refractivity contribution in [1.82, 2.24) is 9.47 Å². The van der Waals surface area contributed by atoms with Gasteiger partial charge in [0.15, 0.2) is 0 Å². The number of likely N-dealkylation sites (N-methyl/N-ethyl adjacent to an activating group) is 1. The van der Waals surface area contributed by atoms with E-state index >= 15 is 0 Å². The smallest absolute Gasteiger partial charge is 0.295 e. The maximum absolute atomic E-state index is 11.9. The lowest BCUT2D eigenvalue weighted by atomic mass is 9.87. The van der Waals surface area contributed by atoms with Gasteiger partial charge in [0, 0.05) is 70.1 Å². The number of para-hydroxylation sites is 1. The van der Waals surface area contributed by atoms with Gasteiger partial charge >= 0.3 is 0 Å². The number of nitrogens with zero attached hydrogens (tertiary/aromatic N) is 2. The van der Waals surface area contributed by atoms with E-state index < -0.39 is 41.6 Å². The van der Waals surface area contributed by atoms with Crippen molar-refractivity contribution < 1.29 is 40.6 Å². The van der Waals surface area contributed by atoms with E-state index in [-0.39, 0.29) is 34.1 Å². The summed E-state index contributed by atoms with van der Waals surface area (Å²) in [7, 11) is -6.72. The Hall–Kier alpha value is -5.70. The summed E-state index contributed by atoms with van der Waals surface area (Å²) < 4.78 is 65.2. The van der Waals surface area contributed by atoms with Gasteiger partial charge in [-0.15, -0.1) is 0 Å². The summed E-state index contributed by atoms with van der Waals surface area (Å²) in [6.07, 6.45) is 3.26. The number of benzene rings is 5. The standard InChI is InChI=1S/C19H20N2.C15H14O3.C10H8O6S2/c1-20-12-11-19-17(14-20)16-9-5-6-10-18(16)21(19)13-15-7-3-2-4-8-15;1-9(2)7-8-12-13(16)10-5-3-4-6-11(10)14(17)15(12)18;11-17(12,13)9-5-1-3-7-8(9)4-2-6-10(7)18(14,15)16/h2-10H,11-14H2,1H3;3-7,16H,8H2,1-2H3;1-6H,(H,11,12,13)(H,14,15,16). The van der Waals surface area contributed by atoms with Crippen molar-refractivity contribution in [3.63, 3.8) is 0 Å². The molecular weight excluding hydrogens is 765 g/mol. The molecule has 0 saturated carbocycles. The number of hydrogen-bond acceptors (Lipinski definition) is 8. The molecule has 1 aromatic heterocycles. The van der Waals surface area contributed by atoms with Gasteiger partial charge in [0.25, 0.3) is 20.2 Å². The van der Waals surface area contributed by atoms with Crippen molar-refractivity contribution in [2.45, 2.75) is 49.6 Å². The average molecular weight is 807 g/mol. The van der Waals surface area contributed by atoms with Crippen molar-refractivity contribution in [1.29, 1.82) is 0 Å². The molecule has 0 unspecified atom stereocenters. The second-order valence-corrected chi connectivity index (χ2v) is 16.9. The monoisotopic (exact) mass is 806 g/mol. The quantitative estimate of drug-likeness (QED) is 0.0849. The van der Waals surface area contributed by atoms with E-state index in [1.807, 2.05) is 19.9 Å². The van der Waals surface area contributed by atoms with Gasteiger partial charge in [-0.1, -0.05) is 109 Å². The van der Waals surface area contributed by atoms with Crippen LogP contribution in [0.3, 0.4) is 0 Å². The van der Waals surface area contributed by atoms with Crippen LogP contribution in [0.2, 0.25) is 0 Å². The highest BCUT2D eigenvalue weighted by atomic mass is 32.2. The molecule has 2 aliphatic rings. The molecule has 0 amide bonds. The Kier molecular flexibility index (Phi) is 12.1. The van der Waals surface area contributed by atoms with Gasteiger partial charge in [-0.25, -0.2) is 0 Å². The Labute approximate surface area is 331 Å². The van der Waals surface area contributed by atoms with Crippen molar-refractivity contribution >= 4 is 59.2 Å². The van der Waals surface area contributed by atoms with Crippen LogP contribution in [0.25, 0.3) is 27.4 Å². The van der Waals surface area contributed by atoms with E-state index in [1.165, 1.54) is 52.0 Å². The number of carbonyl (C=O) groups excluding carboxylic acids is 2. The molecule has 294 valence electrons. The van der Waals surface area contributed by atoms with Crippen molar-refractivity contribution in [2.24, 2.45) is 0 Å². The van der Waals surface area contributed by atoms with Crippen molar-refractivity contribution in [3.8, 4) is 0 Å². The van der Waals surface area contributed by atoms with Crippen LogP contribution < -0.4 is 0 Å². The highest BCUT2D eigenvalue weighted by molar-refractivity contribution is 7.86. The first-order valence-corrected chi connectivity index (χ1v) is 21.0. The minimum absolute atomic E-state index is 0.0233. The van der Waals surface area contributed by atoms with E-state index in [4.69, 9.17) is 9.11 Å². The fourth-order valence-electron chi connectivity index (χ4n) is 7.10. The minimum Gasteiger partial charge on any atom is -0.507 e. The third-order valence-electron chi connectivity index (χ3n) is 9.84. The van der Waals surface area contributed by atoms with Gasteiger partial charge in [0.2, 0.25) is 11.6 Å². The number of fused-ring (bicyclic) bond motifs is 5. The second-order valence-electron chi connectivity index (χ2n) is 14.1. The number of carbonyl (C=O) groups is 2. The number of hydrogen-bond donors (Lipinski definition) is 3. The first kappa shape index (κ1) is 40.9. The van der Waals surface area contributed by atoms with Crippen LogP contribution in [0.5, 0.6) is 0 Å². The molecule has 13 heteroatoms. The third-order valence-corrected chi connectivity index (χ3v) is 11.7. The predicted octanol–water partition coefficient (Wildman–Crippen LogP) is 8.09. The Morgan fingerprint density at radius 2 is 1.23 bits per heavy atom. The van der Waals surface area contributed by atoms with Gasteiger partial charge in [-0.2, -0.15) is 16.8 Å². The number of Topliss-reactive ketones (excluding diaryl/α,β-unsaturated/α-hetero) is 2. The number of rotatable bonds is 6. The summed E-state index contributed by atoms with van der Waals surface area (Å²) in [5.41, 5.74) is 7.74. The average Bonchev–Trinajstić information content (AvgIpc) is 3.48. The molecule has 11 nitrogen and oxygen atoms in total. The minimum atomic E-state index is -4.47. The zero-order chi connectivity index (χ0) is 41.1. The molecular formula is C44H42N2O9S2. The number of aliphatic hydroxyl groups is 1. The number of aliphatic hydroxyl groups excluding tert-OH is 1. The Morgan fingerprint density at radius 1 is 0.684 bits per heavy atom. The first-order chi connectivity index (χ1) is 27.1. The molecule has 0 spiro atoms. The molecule has 3 N–H and O–H groups in total. The third kappa shape index (κ3) is 8.98. The van der Waals surface area contributed by atoms with Crippen LogP contribution in [-0.2, 0) is 44.5 Å². The maximum atomic E-state index is 11.9. The number of aromatic nitrogens is 1. The predicted molar refractivity (Wildman–Crippen MR) is 220 cm³/mol. The number of allylic oxidation sites excluding steroid dienone is 3. The number of ketones is 2. The lowest BCUT2D eigenvalue weighted by Crippen LogP contribution is -2.27. The van der Waals surface area contributed by atoms with Gasteiger partial charge in [-0.3, -0.25) is 18.7 Å². The molecule has 0 atom stereocenters. The van der Waals surface area contributed by atoms with Gasteiger partial charge in [0.1, 0.15) is 15.6 Å². The SMILES string of the molecule is CC(C)=CCC1=C(O)c2ccccc2C(=O)C1=O.CN1CCc2c(c3ccccc3n2Cc2ccccc2)C1.O=S(=O)(O)c1cccc2c(S(=O)(=O)O)cccc12. The Bertz CT molecular complexity index is 2730. The molecule has 0 saturated heterocycles. The molecule has 1 aliphatic carbocycles. The summed E-state index contributed by atoms with van der Waals surface area (Å²) in [6.45, 7) is 7.00. The molecule has 6 aromatic rings. The van der Waals surface area contributed by atoms with E-state index in [0.29, 0.717) is 5.56 Å². The van der Waals surface area contributed by atoms with Crippen molar-refractivity contribution in [2.75, 3.05) is 13.6 Å². The maximum Gasteiger partial charge on any atom is 0.295 e. The molecule has 0 radical (unpaired) electrons. The summed E-state index contributed by atoms with van der Waals surface area (Å²) in [6, 6.07) is 33.8.